The molecule has 0 unspecified atom stereocenters. The third kappa shape index (κ3) is 9.72. The number of aryl methyl sites for hydroxylation is 1. The van der Waals surface area contributed by atoms with Crippen molar-refractivity contribution in [3.63, 3.8) is 0 Å². The van der Waals surface area contributed by atoms with E-state index >= 15 is 0 Å². The normalized spacial score (nSPS) is 14.5. The molecule has 0 radical (unpaired) electrons. The molecule has 0 amide bonds. The first kappa shape index (κ1) is 32.9. The maximum atomic E-state index is 13.1. The van der Waals surface area contributed by atoms with Crippen molar-refractivity contribution >= 4 is 17.5 Å². The predicted molar refractivity (Wildman–Crippen MR) is 168 cm³/mol. The van der Waals surface area contributed by atoms with Crippen LogP contribution in [0.5, 0.6) is 5.75 Å². The summed E-state index contributed by atoms with van der Waals surface area (Å²) in [6, 6.07) is 14.3. The Labute approximate surface area is 249 Å². The van der Waals surface area contributed by atoms with E-state index in [9.17, 15) is 14.3 Å². The van der Waals surface area contributed by atoms with Crippen molar-refractivity contribution in [2.45, 2.75) is 72.8 Å². The minimum atomic E-state index is -0.864. The molecule has 0 aliphatic carbocycles. The Balaban J connectivity index is 0.000000892. The fraction of sp³-hybridized carbons (Fsp3) is 0.471. The van der Waals surface area contributed by atoms with Gasteiger partial charge in [-0.1, -0.05) is 38.1 Å². The number of carbonyl (C=O) groups is 1. The number of halogens is 1. The predicted octanol–water partition coefficient (Wildman–Crippen LogP) is 6.89. The van der Waals surface area contributed by atoms with Gasteiger partial charge in [0, 0.05) is 43.4 Å². The maximum absolute atomic E-state index is 13.1. The van der Waals surface area contributed by atoms with Crippen molar-refractivity contribution in [2.24, 2.45) is 5.41 Å². The van der Waals surface area contributed by atoms with Crippen molar-refractivity contribution < 1.29 is 24.1 Å². The molecular weight excluding hydrogens is 533 g/mol. The molecular formula is C34H46FN3O4. The van der Waals surface area contributed by atoms with Gasteiger partial charge in [-0.25, -0.2) is 9.37 Å². The summed E-state index contributed by atoms with van der Waals surface area (Å²) in [5.41, 5.74) is 5.11. The molecule has 2 heterocycles. The highest BCUT2D eigenvalue weighted by atomic mass is 19.1. The largest absolute Gasteiger partial charge is 0.493 e. The van der Waals surface area contributed by atoms with Crippen LogP contribution >= 0.6 is 0 Å². The standard InChI is InChI=1S/C30H36FN3O3.C4H10O/c1-20-25(19-26(35)36)28(34-16-14-30(2,3)15-17-34)27(29(32-4)33-20)22-7-11-24(12-8-22)37-18-13-21-5-9-23(31)10-6-21;1-4(2,3)5/h5-12H,13-19H2,1-4H3,(H,32,33)(H,35,36);5H,1-3H3. The number of carboxylic acids is 1. The van der Waals surface area contributed by atoms with E-state index in [4.69, 9.17) is 14.8 Å². The molecule has 1 fully saturated rings. The van der Waals surface area contributed by atoms with Crippen LogP contribution in [0.2, 0.25) is 0 Å². The third-order valence-corrected chi connectivity index (χ3v) is 7.19. The highest BCUT2D eigenvalue weighted by Gasteiger charge is 2.30. The van der Waals surface area contributed by atoms with Gasteiger partial charge in [0.1, 0.15) is 17.4 Å². The average molecular weight is 580 g/mol. The first-order valence-corrected chi connectivity index (χ1v) is 14.5. The van der Waals surface area contributed by atoms with Crippen LogP contribution in [0.4, 0.5) is 15.9 Å². The van der Waals surface area contributed by atoms with Crippen LogP contribution in [0.1, 0.15) is 64.3 Å². The SMILES string of the molecule is CC(C)(C)O.CNc1nc(C)c(CC(=O)O)c(N2CCC(C)(C)CC2)c1-c1ccc(OCCc2ccc(F)cc2)cc1. The Morgan fingerprint density at radius 3 is 2.17 bits per heavy atom. The summed E-state index contributed by atoms with van der Waals surface area (Å²) < 4.78 is 19.1. The molecule has 7 nitrogen and oxygen atoms in total. The molecule has 1 saturated heterocycles. The molecule has 0 saturated carbocycles. The van der Waals surface area contributed by atoms with Crippen LogP contribution in [-0.2, 0) is 17.6 Å². The van der Waals surface area contributed by atoms with Crippen LogP contribution in [0, 0.1) is 18.2 Å². The van der Waals surface area contributed by atoms with Crippen LogP contribution in [0.25, 0.3) is 11.1 Å². The van der Waals surface area contributed by atoms with Crippen LogP contribution < -0.4 is 15.0 Å². The molecule has 4 rings (SSSR count). The summed E-state index contributed by atoms with van der Waals surface area (Å²) in [5.74, 6) is 0.364. The van der Waals surface area contributed by atoms with E-state index in [1.165, 1.54) is 12.1 Å². The van der Waals surface area contributed by atoms with Crippen LogP contribution in [0.15, 0.2) is 48.5 Å². The zero-order valence-electron chi connectivity index (χ0n) is 26.1. The lowest BCUT2D eigenvalue weighted by atomic mass is 9.82. The Morgan fingerprint density at radius 1 is 1.07 bits per heavy atom. The van der Waals surface area contributed by atoms with E-state index in [1.807, 2.05) is 38.2 Å². The number of hydrogen-bond acceptors (Lipinski definition) is 6. The topological polar surface area (TPSA) is 94.9 Å². The number of anilines is 2. The van der Waals surface area contributed by atoms with Gasteiger partial charge in [-0.05, 0) is 81.3 Å². The van der Waals surface area contributed by atoms with Crippen molar-refractivity contribution in [1.82, 2.24) is 4.98 Å². The van der Waals surface area contributed by atoms with Gasteiger partial charge < -0.3 is 25.2 Å². The highest BCUT2D eigenvalue weighted by molar-refractivity contribution is 5.91. The van der Waals surface area contributed by atoms with Crippen molar-refractivity contribution in [3.05, 3.63) is 71.2 Å². The van der Waals surface area contributed by atoms with Crippen molar-refractivity contribution in [2.75, 3.05) is 37.0 Å². The highest BCUT2D eigenvalue weighted by Crippen LogP contribution is 2.43. The van der Waals surface area contributed by atoms with Crippen LogP contribution in [-0.4, -0.2) is 53.5 Å². The third-order valence-electron chi connectivity index (χ3n) is 7.19. The number of benzene rings is 2. The van der Waals surface area contributed by atoms with Crippen LogP contribution in [0.3, 0.4) is 0 Å². The van der Waals surface area contributed by atoms with E-state index in [0.717, 1.165) is 71.1 Å². The number of nitrogens with zero attached hydrogens (tertiary/aromatic N) is 2. The lowest BCUT2D eigenvalue weighted by Gasteiger charge is -2.40. The summed E-state index contributed by atoms with van der Waals surface area (Å²) in [7, 11) is 1.85. The number of aliphatic carboxylic acids is 1. The van der Waals surface area contributed by atoms with E-state index in [2.05, 4.69) is 24.1 Å². The molecule has 2 aromatic carbocycles. The fourth-order valence-electron chi connectivity index (χ4n) is 4.88. The maximum Gasteiger partial charge on any atom is 0.307 e. The van der Waals surface area contributed by atoms with Crippen molar-refractivity contribution in [3.8, 4) is 16.9 Å². The average Bonchev–Trinajstić information content (AvgIpc) is 2.90. The summed E-state index contributed by atoms with van der Waals surface area (Å²) in [4.78, 5) is 18.9. The number of hydrogen-bond donors (Lipinski definition) is 3. The van der Waals surface area contributed by atoms with E-state index < -0.39 is 11.6 Å². The molecule has 1 aromatic heterocycles. The number of carboxylic acid groups (broad SMARTS) is 1. The molecule has 3 N–H and O–H groups in total. The summed E-state index contributed by atoms with van der Waals surface area (Å²) in [6.45, 7) is 13.9. The first-order valence-electron chi connectivity index (χ1n) is 14.5. The molecule has 3 aromatic rings. The Bertz CT molecular complexity index is 1320. The van der Waals surface area contributed by atoms with E-state index in [0.29, 0.717) is 13.0 Å². The number of rotatable bonds is 9. The second kappa shape index (κ2) is 14.0. The van der Waals surface area contributed by atoms with Gasteiger partial charge in [-0.2, -0.15) is 0 Å². The summed E-state index contributed by atoms with van der Waals surface area (Å²) in [5, 5.41) is 21.5. The zero-order chi connectivity index (χ0) is 31.1. The second-order valence-electron chi connectivity index (χ2n) is 12.6. The number of aliphatic hydroxyl groups is 1. The van der Waals surface area contributed by atoms with Gasteiger partial charge >= 0.3 is 5.97 Å². The van der Waals surface area contributed by atoms with E-state index in [-0.39, 0.29) is 17.7 Å². The van der Waals surface area contributed by atoms with Gasteiger partial charge in [0.25, 0.3) is 0 Å². The Kier molecular flexibility index (Phi) is 11.0. The quantitative estimate of drug-likeness (QED) is 0.254. The number of aromatic nitrogens is 1. The van der Waals surface area contributed by atoms with Gasteiger partial charge in [0.2, 0.25) is 0 Å². The zero-order valence-corrected chi connectivity index (χ0v) is 26.1. The molecule has 1 aliphatic rings. The molecule has 1 aliphatic heterocycles. The fourth-order valence-corrected chi connectivity index (χ4v) is 4.88. The molecule has 0 spiro atoms. The number of pyridine rings is 1. The number of nitrogens with one attached hydrogen (secondary N) is 1. The lowest BCUT2D eigenvalue weighted by Crippen LogP contribution is -2.38. The Hall–Kier alpha value is -3.65. The van der Waals surface area contributed by atoms with Gasteiger partial charge in [0.15, 0.2) is 0 Å². The molecule has 42 heavy (non-hydrogen) atoms. The van der Waals surface area contributed by atoms with Gasteiger partial charge in [-0.15, -0.1) is 0 Å². The minimum absolute atomic E-state index is 0.0738. The van der Waals surface area contributed by atoms with Gasteiger partial charge in [0.05, 0.1) is 24.3 Å². The summed E-state index contributed by atoms with van der Waals surface area (Å²) >= 11 is 0. The molecule has 0 atom stereocenters. The number of piperidine rings is 1. The molecule has 0 bridgehead atoms. The van der Waals surface area contributed by atoms with Crippen molar-refractivity contribution in [1.29, 1.82) is 0 Å². The Morgan fingerprint density at radius 2 is 1.64 bits per heavy atom. The summed E-state index contributed by atoms with van der Waals surface area (Å²) in [6.07, 6.45) is 2.68. The molecule has 228 valence electrons. The smallest absolute Gasteiger partial charge is 0.307 e. The first-order chi connectivity index (χ1) is 19.7. The second-order valence-corrected chi connectivity index (χ2v) is 12.6. The lowest BCUT2D eigenvalue weighted by molar-refractivity contribution is -0.136. The van der Waals surface area contributed by atoms with E-state index in [1.54, 1.807) is 32.9 Å². The monoisotopic (exact) mass is 579 g/mol. The minimum Gasteiger partial charge on any atom is -0.493 e. The molecule has 8 heteroatoms. The number of ether oxygens (including phenoxy) is 1. The van der Waals surface area contributed by atoms with Gasteiger partial charge in [-0.3, -0.25) is 4.79 Å².